The largest absolute Gasteiger partial charge is 0.348 e. The lowest BCUT2D eigenvalue weighted by molar-refractivity contribution is 0.102. The lowest BCUT2D eigenvalue weighted by atomic mass is 10.0. The lowest BCUT2D eigenvalue weighted by Gasteiger charge is -2.15. The fourth-order valence-corrected chi connectivity index (χ4v) is 6.57. The second-order valence-corrected chi connectivity index (χ2v) is 10.3. The fourth-order valence-electron chi connectivity index (χ4n) is 4.48. The highest BCUT2D eigenvalue weighted by atomic mass is 32.2. The number of hydrogen-bond acceptors (Lipinski definition) is 7. The third kappa shape index (κ3) is 3.72. The van der Waals surface area contributed by atoms with Crippen LogP contribution in [0.25, 0.3) is 0 Å². The molecule has 2 aromatic rings. The Balaban J connectivity index is 1.17. The van der Waals surface area contributed by atoms with Crippen LogP contribution in [0.2, 0.25) is 0 Å². The number of amides is 1. The van der Waals surface area contributed by atoms with Gasteiger partial charge in [-0.2, -0.15) is 0 Å². The van der Waals surface area contributed by atoms with Crippen LogP contribution in [0.1, 0.15) is 33.6 Å². The van der Waals surface area contributed by atoms with Crippen molar-refractivity contribution in [2.45, 2.75) is 12.1 Å². The van der Waals surface area contributed by atoms with Gasteiger partial charge in [-0.25, -0.2) is 0 Å². The molecule has 2 aromatic carbocycles. The molecule has 4 aliphatic rings. The van der Waals surface area contributed by atoms with Gasteiger partial charge in [0.05, 0.1) is 12.1 Å². The van der Waals surface area contributed by atoms with Crippen molar-refractivity contribution in [3.63, 3.8) is 0 Å². The van der Waals surface area contributed by atoms with Crippen LogP contribution in [0.5, 0.6) is 0 Å². The highest BCUT2D eigenvalue weighted by molar-refractivity contribution is 8.14. The molecule has 2 fully saturated rings. The molecule has 8 heteroatoms. The van der Waals surface area contributed by atoms with Crippen molar-refractivity contribution >= 4 is 45.5 Å². The Hall–Kier alpha value is -2.45. The van der Waals surface area contributed by atoms with Crippen LogP contribution < -0.4 is 5.32 Å². The van der Waals surface area contributed by atoms with Gasteiger partial charge in [-0.15, -0.1) is 0 Å². The summed E-state index contributed by atoms with van der Waals surface area (Å²) in [7, 11) is 0. The zero-order valence-electron chi connectivity index (χ0n) is 17.0. The van der Waals surface area contributed by atoms with Crippen LogP contribution in [0, 0.1) is 0 Å². The molecule has 0 bridgehead atoms. The molecule has 6 nitrogen and oxygen atoms in total. The third-order valence-corrected chi connectivity index (χ3v) is 8.12. The summed E-state index contributed by atoms with van der Waals surface area (Å²) >= 11 is 3.66. The monoisotopic (exact) mass is 449 g/mol. The molecule has 4 heterocycles. The number of hydrogen-bond donors (Lipinski definition) is 1. The summed E-state index contributed by atoms with van der Waals surface area (Å²) in [5, 5.41) is 5.38. The Morgan fingerprint density at radius 3 is 2.13 bits per heavy atom. The maximum atomic E-state index is 13.0. The molecule has 2 saturated heterocycles. The Labute approximate surface area is 190 Å². The number of fused-ring (bicyclic) bond motifs is 2. The van der Waals surface area contributed by atoms with Gasteiger partial charge in [0.1, 0.15) is 0 Å². The first-order chi connectivity index (χ1) is 15.2. The summed E-state index contributed by atoms with van der Waals surface area (Å²) in [6.07, 6.45) is 0. The van der Waals surface area contributed by atoms with E-state index in [0.717, 1.165) is 64.8 Å². The smallest absolute Gasteiger partial charge is 0.255 e. The predicted octanol–water partition coefficient (Wildman–Crippen LogP) is 3.86. The van der Waals surface area contributed by atoms with E-state index < -0.39 is 0 Å². The molecule has 1 amide bonds. The van der Waals surface area contributed by atoms with Crippen molar-refractivity contribution in [1.29, 1.82) is 0 Å². The molecule has 0 unspecified atom stereocenters. The summed E-state index contributed by atoms with van der Waals surface area (Å²) in [5.74, 6) is 2.16. The van der Waals surface area contributed by atoms with E-state index in [0.29, 0.717) is 5.56 Å². The van der Waals surface area contributed by atoms with Gasteiger partial charge in [-0.1, -0.05) is 47.8 Å². The van der Waals surface area contributed by atoms with Crippen molar-refractivity contribution in [2.24, 2.45) is 9.98 Å². The number of thioether (sulfide) groups is 2. The second-order valence-electron chi connectivity index (χ2n) is 8.15. The normalized spacial score (nSPS) is 24.1. The molecule has 6 rings (SSSR count). The van der Waals surface area contributed by atoms with Crippen molar-refractivity contribution in [2.75, 3.05) is 43.0 Å². The van der Waals surface area contributed by atoms with E-state index in [-0.39, 0.29) is 18.0 Å². The first kappa shape index (κ1) is 19.3. The predicted molar refractivity (Wildman–Crippen MR) is 129 cm³/mol. The van der Waals surface area contributed by atoms with Gasteiger partial charge in [-0.3, -0.25) is 14.8 Å². The number of aliphatic imine (C=N–C) groups is 2. The van der Waals surface area contributed by atoms with Crippen LogP contribution in [0.4, 0.5) is 5.69 Å². The number of rotatable bonds is 4. The zero-order valence-corrected chi connectivity index (χ0v) is 18.7. The van der Waals surface area contributed by atoms with Crippen LogP contribution in [-0.4, -0.2) is 63.7 Å². The van der Waals surface area contributed by atoms with Crippen LogP contribution in [0.3, 0.4) is 0 Å². The maximum Gasteiger partial charge on any atom is 0.255 e. The second kappa shape index (κ2) is 7.91. The highest BCUT2D eigenvalue weighted by Gasteiger charge is 2.31. The number of nitrogens with zero attached hydrogens (tertiary/aromatic N) is 4. The number of benzene rings is 2. The molecule has 0 saturated carbocycles. The SMILES string of the molecule is O=C(Nc1cccc([C@H]2CN3CCSC3=N2)c1)c1cccc([C@H]2CN3CCSC3=N2)c1. The van der Waals surface area contributed by atoms with Gasteiger partial charge < -0.3 is 15.1 Å². The van der Waals surface area contributed by atoms with Crippen molar-refractivity contribution < 1.29 is 4.79 Å². The number of carbonyl (C=O) groups is 1. The molecule has 4 aliphatic heterocycles. The summed E-state index contributed by atoms with van der Waals surface area (Å²) in [4.78, 5) is 27.3. The number of anilines is 1. The van der Waals surface area contributed by atoms with Gasteiger partial charge in [0.25, 0.3) is 5.91 Å². The van der Waals surface area contributed by atoms with E-state index >= 15 is 0 Å². The molecular formula is C23H23N5OS2. The van der Waals surface area contributed by atoms with E-state index in [1.165, 1.54) is 0 Å². The standard InChI is InChI=1S/C23H23N5OS2/c29-21(17-5-1-3-15(11-17)19-13-27-7-9-30-22(27)25-19)24-18-6-2-4-16(12-18)20-14-28-8-10-31-23(28)26-20/h1-6,11-12,19-20H,7-10,13-14H2,(H,24,29)/t19-,20-/m1/s1. The van der Waals surface area contributed by atoms with Gasteiger partial charge >= 0.3 is 0 Å². The topological polar surface area (TPSA) is 60.3 Å². The third-order valence-electron chi connectivity index (χ3n) is 6.11. The summed E-state index contributed by atoms with van der Waals surface area (Å²) in [6, 6.07) is 16.2. The molecule has 0 aliphatic carbocycles. The van der Waals surface area contributed by atoms with E-state index in [9.17, 15) is 4.79 Å². The first-order valence-corrected chi connectivity index (χ1v) is 12.6. The molecule has 0 aromatic heterocycles. The van der Waals surface area contributed by atoms with E-state index in [1.54, 1.807) is 0 Å². The van der Waals surface area contributed by atoms with Gasteiger partial charge in [0.15, 0.2) is 10.3 Å². The molecule has 2 atom stereocenters. The Morgan fingerprint density at radius 1 is 0.871 bits per heavy atom. The highest BCUT2D eigenvalue weighted by Crippen LogP contribution is 2.34. The fraction of sp³-hybridized carbons (Fsp3) is 0.348. The Bertz CT molecular complexity index is 1100. The number of amidine groups is 2. The average Bonchev–Trinajstić information content (AvgIpc) is 3.54. The lowest BCUT2D eigenvalue weighted by Crippen LogP contribution is -2.22. The van der Waals surface area contributed by atoms with Gasteiger partial charge in [0, 0.05) is 48.9 Å². The molecule has 0 radical (unpaired) electrons. The summed E-state index contributed by atoms with van der Waals surface area (Å²) < 4.78 is 0. The minimum atomic E-state index is -0.0894. The zero-order chi connectivity index (χ0) is 20.8. The van der Waals surface area contributed by atoms with E-state index in [2.05, 4.69) is 33.3 Å². The average molecular weight is 450 g/mol. The number of nitrogens with one attached hydrogen (secondary N) is 1. The van der Waals surface area contributed by atoms with Gasteiger partial charge in [0.2, 0.25) is 0 Å². The molecule has 158 valence electrons. The quantitative estimate of drug-likeness (QED) is 0.768. The van der Waals surface area contributed by atoms with E-state index in [1.807, 2.05) is 53.9 Å². The molecule has 0 spiro atoms. The molecular weight excluding hydrogens is 426 g/mol. The van der Waals surface area contributed by atoms with Crippen molar-refractivity contribution in [1.82, 2.24) is 9.80 Å². The molecule has 1 N–H and O–H groups in total. The Kier molecular flexibility index (Phi) is 4.91. The summed E-state index contributed by atoms with van der Waals surface area (Å²) in [5.41, 5.74) is 3.73. The van der Waals surface area contributed by atoms with Crippen molar-refractivity contribution in [3.05, 3.63) is 65.2 Å². The molecule has 31 heavy (non-hydrogen) atoms. The minimum Gasteiger partial charge on any atom is -0.348 e. The van der Waals surface area contributed by atoms with Gasteiger partial charge in [-0.05, 0) is 35.4 Å². The number of carbonyl (C=O) groups excluding carboxylic acids is 1. The minimum absolute atomic E-state index is 0.0894. The summed E-state index contributed by atoms with van der Waals surface area (Å²) in [6.45, 7) is 3.99. The van der Waals surface area contributed by atoms with Crippen LogP contribution >= 0.6 is 23.5 Å². The maximum absolute atomic E-state index is 13.0. The van der Waals surface area contributed by atoms with Crippen molar-refractivity contribution in [3.8, 4) is 0 Å². The Morgan fingerprint density at radius 2 is 1.48 bits per heavy atom. The van der Waals surface area contributed by atoms with Crippen LogP contribution in [0.15, 0.2) is 58.5 Å². The van der Waals surface area contributed by atoms with Crippen LogP contribution in [-0.2, 0) is 0 Å². The van der Waals surface area contributed by atoms with E-state index in [4.69, 9.17) is 9.98 Å². The first-order valence-electron chi connectivity index (χ1n) is 10.7.